The highest BCUT2D eigenvalue weighted by molar-refractivity contribution is 5.87. The molecule has 0 heterocycles. The first kappa shape index (κ1) is 8.01. The van der Waals surface area contributed by atoms with Crippen molar-refractivity contribution in [1.82, 2.24) is 5.32 Å². The van der Waals surface area contributed by atoms with Crippen LogP contribution in [-0.4, -0.2) is 12.5 Å². The Labute approximate surface area is 54.9 Å². The van der Waals surface area contributed by atoms with Crippen molar-refractivity contribution in [3.63, 3.8) is 0 Å². The summed E-state index contributed by atoms with van der Waals surface area (Å²) in [4.78, 5) is 10.6. The zero-order valence-electron chi connectivity index (χ0n) is 5.77. The Hall–Kier alpha value is -0.990. The monoisotopic (exact) mass is 128 g/mol. The number of rotatable bonds is 2. The number of allylic oxidation sites excluding steroid dienone is 1. The van der Waals surface area contributed by atoms with Crippen molar-refractivity contribution in [2.24, 2.45) is 5.73 Å². The van der Waals surface area contributed by atoms with E-state index in [4.69, 9.17) is 5.73 Å². The van der Waals surface area contributed by atoms with Crippen molar-refractivity contribution in [2.75, 3.05) is 6.54 Å². The molecule has 0 fully saturated rings. The minimum atomic E-state index is -0.127. The van der Waals surface area contributed by atoms with Crippen LogP contribution in [-0.2, 0) is 4.79 Å². The van der Waals surface area contributed by atoms with Crippen LogP contribution < -0.4 is 11.1 Å². The number of carbonyl (C=O) groups excluding carboxylic acids is 1. The summed E-state index contributed by atoms with van der Waals surface area (Å²) < 4.78 is 0. The van der Waals surface area contributed by atoms with Gasteiger partial charge in [0, 0.05) is 18.3 Å². The van der Waals surface area contributed by atoms with Crippen molar-refractivity contribution in [3.05, 3.63) is 11.8 Å². The largest absolute Gasteiger partial charge is 0.402 e. The molecule has 0 aliphatic heterocycles. The van der Waals surface area contributed by atoms with Crippen LogP contribution in [0.2, 0.25) is 0 Å². The first-order chi connectivity index (χ1) is 4.16. The van der Waals surface area contributed by atoms with E-state index in [0.29, 0.717) is 12.2 Å². The number of carbonyl (C=O) groups is 1. The Balaban J connectivity index is 3.63. The maximum Gasteiger partial charge on any atom is 0.245 e. The zero-order valence-corrected chi connectivity index (χ0v) is 5.77. The van der Waals surface area contributed by atoms with E-state index in [9.17, 15) is 4.79 Å². The molecule has 0 aliphatic carbocycles. The summed E-state index contributed by atoms with van der Waals surface area (Å²) >= 11 is 0. The molecule has 0 radical (unpaired) electrons. The Morgan fingerprint density at radius 1 is 1.78 bits per heavy atom. The lowest BCUT2D eigenvalue weighted by atomic mass is 10.4. The molecule has 0 aromatic rings. The van der Waals surface area contributed by atoms with Gasteiger partial charge in [0.25, 0.3) is 0 Å². The second-order valence-electron chi connectivity index (χ2n) is 1.78. The molecular formula is C6H12N2O. The lowest BCUT2D eigenvalue weighted by Crippen LogP contribution is -2.21. The van der Waals surface area contributed by atoms with Crippen molar-refractivity contribution in [3.8, 4) is 0 Å². The molecule has 1 amide bonds. The van der Waals surface area contributed by atoms with Gasteiger partial charge < -0.3 is 11.1 Å². The Morgan fingerprint density at radius 3 is 2.67 bits per heavy atom. The van der Waals surface area contributed by atoms with Gasteiger partial charge in [0.05, 0.1) is 0 Å². The van der Waals surface area contributed by atoms with Crippen LogP contribution in [0.4, 0.5) is 0 Å². The molecule has 3 N–H and O–H groups in total. The van der Waals surface area contributed by atoms with Crippen LogP contribution in [0.1, 0.15) is 13.8 Å². The zero-order chi connectivity index (χ0) is 7.28. The molecule has 0 spiro atoms. The molecular weight excluding hydrogens is 116 g/mol. The fourth-order valence-corrected chi connectivity index (χ4v) is 0.432. The lowest BCUT2D eigenvalue weighted by Gasteiger charge is -1.94. The second-order valence-corrected chi connectivity index (χ2v) is 1.78. The topological polar surface area (TPSA) is 55.1 Å². The van der Waals surface area contributed by atoms with Crippen molar-refractivity contribution in [2.45, 2.75) is 13.8 Å². The first-order valence-corrected chi connectivity index (χ1v) is 2.88. The molecule has 3 nitrogen and oxygen atoms in total. The maximum atomic E-state index is 10.6. The number of nitrogens with one attached hydrogen (secondary N) is 1. The predicted octanol–water partition coefficient (Wildman–Crippen LogP) is -0.0150. The molecule has 3 heteroatoms. The standard InChI is InChI=1S/C6H12N2O/c1-3-8-6(9)4-5(2)7/h4H,3,7H2,1-2H3,(H,8,9)/b5-4+. The summed E-state index contributed by atoms with van der Waals surface area (Å²) in [6.45, 7) is 4.18. The third-order valence-electron chi connectivity index (χ3n) is 0.710. The Bertz CT molecular complexity index is 125. The average molecular weight is 128 g/mol. The van der Waals surface area contributed by atoms with E-state index in [1.165, 1.54) is 6.08 Å². The normalized spacial score (nSPS) is 11.1. The van der Waals surface area contributed by atoms with Crippen LogP contribution in [0, 0.1) is 0 Å². The minimum absolute atomic E-state index is 0.127. The number of amides is 1. The van der Waals surface area contributed by atoms with Gasteiger partial charge in [-0.05, 0) is 13.8 Å². The number of likely N-dealkylation sites (N-methyl/N-ethyl adjacent to an activating group) is 1. The number of nitrogens with two attached hydrogens (primary N) is 1. The lowest BCUT2D eigenvalue weighted by molar-refractivity contribution is -0.116. The molecule has 52 valence electrons. The SMILES string of the molecule is CCNC(=O)/C=C(\C)N. The van der Waals surface area contributed by atoms with Crippen LogP contribution in [0.15, 0.2) is 11.8 Å². The average Bonchev–Trinajstić information content (AvgIpc) is 1.63. The highest BCUT2D eigenvalue weighted by atomic mass is 16.1. The van der Waals surface area contributed by atoms with Gasteiger partial charge >= 0.3 is 0 Å². The molecule has 9 heavy (non-hydrogen) atoms. The predicted molar refractivity (Wildman–Crippen MR) is 36.6 cm³/mol. The summed E-state index contributed by atoms with van der Waals surface area (Å²) in [5.41, 5.74) is 5.75. The number of hydrogen-bond acceptors (Lipinski definition) is 2. The van der Waals surface area contributed by atoms with E-state index < -0.39 is 0 Å². The molecule has 0 aromatic carbocycles. The fourth-order valence-electron chi connectivity index (χ4n) is 0.432. The summed E-state index contributed by atoms with van der Waals surface area (Å²) in [6, 6.07) is 0. The van der Waals surface area contributed by atoms with E-state index >= 15 is 0 Å². The smallest absolute Gasteiger partial charge is 0.245 e. The van der Waals surface area contributed by atoms with Gasteiger partial charge in [0.15, 0.2) is 0 Å². The van der Waals surface area contributed by atoms with Crippen LogP contribution in [0.3, 0.4) is 0 Å². The van der Waals surface area contributed by atoms with Crippen LogP contribution in [0.25, 0.3) is 0 Å². The van der Waals surface area contributed by atoms with E-state index in [1.54, 1.807) is 6.92 Å². The molecule has 0 aliphatic rings. The van der Waals surface area contributed by atoms with Gasteiger partial charge in [-0.3, -0.25) is 4.79 Å². The molecule has 0 rings (SSSR count). The molecule has 0 saturated carbocycles. The Kier molecular flexibility index (Phi) is 3.51. The van der Waals surface area contributed by atoms with E-state index in [-0.39, 0.29) is 5.91 Å². The highest BCUT2D eigenvalue weighted by Gasteiger charge is 1.90. The molecule has 0 bridgehead atoms. The summed E-state index contributed by atoms with van der Waals surface area (Å²) in [7, 11) is 0. The van der Waals surface area contributed by atoms with Gasteiger partial charge in [-0.25, -0.2) is 0 Å². The quantitative estimate of drug-likeness (QED) is 0.514. The Morgan fingerprint density at radius 2 is 2.33 bits per heavy atom. The summed E-state index contributed by atoms with van der Waals surface area (Å²) in [5.74, 6) is -0.127. The molecule has 0 unspecified atom stereocenters. The summed E-state index contributed by atoms with van der Waals surface area (Å²) in [6.07, 6.45) is 1.36. The van der Waals surface area contributed by atoms with Crippen LogP contribution >= 0.6 is 0 Å². The molecule has 0 aromatic heterocycles. The van der Waals surface area contributed by atoms with E-state index in [0.717, 1.165) is 0 Å². The first-order valence-electron chi connectivity index (χ1n) is 2.88. The van der Waals surface area contributed by atoms with Gasteiger partial charge in [-0.2, -0.15) is 0 Å². The highest BCUT2D eigenvalue weighted by Crippen LogP contribution is 1.77. The van der Waals surface area contributed by atoms with Gasteiger partial charge in [0.2, 0.25) is 5.91 Å². The maximum absolute atomic E-state index is 10.6. The van der Waals surface area contributed by atoms with Gasteiger partial charge in [0.1, 0.15) is 0 Å². The third kappa shape index (κ3) is 4.87. The third-order valence-corrected chi connectivity index (χ3v) is 0.710. The van der Waals surface area contributed by atoms with E-state index in [1.807, 2.05) is 6.92 Å². The van der Waals surface area contributed by atoms with Crippen molar-refractivity contribution < 1.29 is 4.79 Å². The molecule has 0 saturated heterocycles. The molecule has 0 atom stereocenters. The van der Waals surface area contributed by atoms with Crippen molar-refractivity contribution in [1.29, 1.82) is 0 Å². The van der Waals surface area contributed by atoms with E-state index in [2.05, 4.69) is 5.32 Å². The van der Waals surface area contributed by atoms with Crippen molar-refractivity contribution >= 4 is 5.91 Å². The number of hydrogen-bond donors (Lipinski definition) is 2. The fraction of sp³-hybridized carbons (Fsp3) is 0.500. The second kappa shape index (κ2) is 3.95. The van der Waals surface area contributed by atoms with Gasteiger partial charge in [-0.1, -0.05) is 0 Å². The summed E-state index contributed by atoms with van der Waals surface area (Å²) in [5, 5.41) is 2.58. The minimum Gasteiger partial charge on any atom is -0.402 e. The van der Waals surface area contributed by atoms with Crippen LogP contribution in [0.5, 0.6) is 0 Å². The van der Waals surface area contributed by atoms with Gasteiger partial charge in [-0.15, -0.1) is 0 Å².